The summed E-state index contributed by atoms with van der Waals surface area (Å²) in [5.41, 5.74) is 4.27. The van der Waals surface area contributed by atoms with Crippen molar-refractivity contribution < 1.29 is 19.1 Å². The maximum absolute atomic E-state index is 12.8. The van der Waals surface area contributed by atoms with Crippen molar-refractivity contribution in [1.29, 1.82) is 0 Å². The van der Waals surface area contributed by atoms with Gasteiger partial charge in [-0.3, -0.25) is 15.0 Å². The third-order valence-electron chi connectivity index (χ3n) is 4.55. The number of rotatable bonds is 7. The van der Waals surface area contributed by atoms with E-state index < -0.39 is 5.91 Å². The molecule has 2 amide bonds. The standard InChI is InChI=1S/C23H17ClN2O4S3/c1-29-18-11-15(6-9-17(18)30-13-14-4-7-16(24)8-5-14)12-20-22(28)26(23(31)33-20)25-21(27)19-3-2-10-32-19/h2-12H,13H2,1H3,(H,25,27)/b20-12+. The highest BCUT2D eigenvalue weighted by Crippen LogP contribution is 2.34. The van der Waals surface area contributed by atoms with Crippen LogP contribution in [-0.2, 0) is 11.4 Å². The molecule has 1 aliphatic heterocycles. The highest BCUT2D eigenvalue weighted by molar-refractivity contribution is 8.26. The molecular formula is C23H17ClN2O4S3. The van der Waals surface area contributed by atoms with Gasteiger partial charge in [0.25, 0.3) is 11.8 Å². The molecular weight excluding hydrogens is 500 g/mol. The molecule has 0 bridgehead atoms. The van der Waals surface area contributed by atoms with Gasteiger partial charge in [-0.15, -0.1) is 11.3 Å². The summed E-state index contributed by atoms with van der Waals surface area (Å²) in [6.07, 6.45) is 1.70. The number of amides is 2. The number of carbonyl (C=O) groups excluding carboxylic acids is 2. The van der Waals surface area contributed by atoms with Crippen molar-refractivity contribution in [3.63, 3.8) is 0 Å². The summed E-state index contributed by atoms with van der Waals surface area (Å²) in [4.78, 5) is 26.0. The summed E-state index contributed by atoms with van der Waals surface area (Å²) in [7, 11) is 1.55. The van der Waals surface area contributed by atoms with Crippen LogP contribution in [0.15, 0.2) is 64.9 Å². The van der Waals surface area contributed by atoms with Gasteiger partial charge in [0.05, 0.1) is 16.9 Å². The Bertz CT molecular complexity index is 1230. The van der Waals surface area contributed by atoms with Gasteiger partial charge in [-0.1, -0.05) is 47.6 Å². The quantitative estimate of drug-likeness (QED) is 0.329. The normalized spacial score (nSPS) is 14.6. The average molecular weight is 517 g/mol. The van der Waals surface area contributed by atoms with Crippen molar-refractivity contribution in [2.75, 3.05) is 7.11 Å². The Morgan fingerprint density at radius 3 is 2.67 bits per heavy atom. The first-order chi connectivity index (χ1) is 15.9. The summed E-state index contributed by atoms with van der Waals surface area (Å²) < 4.78 is 11.6. The van der Waals surface area contributed by atoms with E-state index in [9.17, 15) is 9.59 Å². The maximum atomic E-state index is 12.8. The van der Waals surface area contributed by atoms with Gasteiger partial charge in [0, 0.05) is 5.02 Å². The lowest BCUT2D eigenvalue weighted by Crippen LogP contribution is -2.44. The fourth-order valence-electron chi connectivity index (χ4n) is 2.91. The molecule has 3 aromatic rings. The van der Waals surface area contributed by atoms with Crippen LogP contribution in [0.5, 0.6) is 11.5 Å². The maximum Gasteiger partial charge on any atom is 0.285 e. The molecule has 0 aliphatic carbocycles. The van der Waals surface area contributed by atoms with Crippen LogP contribution in [0.4, 0.5) is 0 Å². The molecule has 1 N–H and O–H groups in total. The van der Waals surface area contributed by atoms with Gasteiger partial charge in [0.2, 0.25) is 0 Å². The van der Waals surface area contributed by atoms with Gasteiger partial charge in [-0.25, -0.2) is 0 Å². The molecule has 0 saturated carbocycles. The molecule has 2 heterocycles. The number of hydrazine groups is 1. The Hall–Kier alpha value is -2.85. The van der Waals surface area contributed by atoms with E-state index >= 15 is 0 Å². The van der Waals surface area contributed by atoms with Gasteiger partial charge < -0.3 is 9.47 Å². The molecule has 4 rings (SSSR count). The van der Waals surface area contributed by atoms with Crippen LogP contribution < -0.4 is 14.9 Å². The van der Waals surface area contributed by atoms with Crippen LogP contribution in [0, 0.1) is 0 Å². The number of nitrogens with zero attached hydrogens (tertiary/aromatic N) is 1. The molecule has 0 radical (unpaired) electrons. The molecule has 2 aromatic carbocycles. The van der Waals surface area contributed by atoms with Gasteiger partial charge in [-0.05, 0) is 65.1 Å². The molecule has 6 nitrogen and oxygen atoms in total. The van der Waals surface area contributed by atoms with Gasteiger partial charge in [0.1, 0.15) is 6.61 Å². The second-order valence-corrected chi connectivity index (χ2v) is 9.82. The summed E-state index contributed by atoms with van der Waals surface area (Å²) in [6, 6.07) is 16.2. The van der Waals surface area contributed by atoms with E-state index in [1.807, 2.05) is 18.2 Å². The number of hydrogen-bond donors (Lipinski definition) is 1. The minimum absolute atomic E-state index is 0.256. The summed E-state index contributed by atoms with van der Waals surface area (Å²) in [6.45, 7) is 0.357. The molecule has 0 spiro atoms. The number of nitrogens with one attached hydrogen (secondary N) is 1. The molecule has 0 atom stereocenters. The zero-order valence-electron chi connectivity index (χ0n) is 17.2. The third-order valence-corrected chi connectivity index (χ3v) is 6.97. The Morgan fingerprint density at radius 1 is 1.18 bits per heavy atom. The van der Waals surface area contributed by atoms with Crippen LogP contribution in [0.1, 0.15) is 20.8 Å². The summed E-state index contributed by atoms with van der Waals surface area (Å²) in [5.74, 6) is 0.322. The van der Waals surface area contributed by atoms with E-state index in [0.29, 0.717) is 32.9 Å². The first-order valence-corrected chi connectivity index (χ1v) is 12.1. The van der Waals surface area contributed by atoms with E-state index in [4.69, 9.17) is 33.3 Å². The zero-order valence-corrected chi connectivity index (χ0v) is 20.4. The molecule has 0 unspecified atom stereocenters. The van der Waals surface area contributed by atoms with Gasteiger partial charge in [0.15, 0.2) is 15.8 Å². The van der Waals surface area contributed by atoms with E-state index in [-0.39, 0.29) is 10.2 Å². The van der Waals surface area contributed by atoms with Crippen molar-refractivity contribution in [3.05, 3.63) is 85.9 Å². The number of carbonyl (C=O) groups is 2. The fraction of sp³-hybridized carbons (Fsp3) is 0.0870. The zero-order chi connectivity index (χ0) is 23.4. The number of methoxy groups -OCH3 is 1. The fourth-order valence-corrected chi connectivity index (χ4v) is 4.83. The number of thioether (sulfide) groups is 1. The van der Waals surface area contributed by atoms with E-state index in [1.54, 1.807) is 55.0 Å². The van der Waals surface area contributed by atoms with E-state index in [2.05, 4.69) is 5.43 Å². The van der Waals surface area contributed by atoms with Crippen LogP contribution in [-0.4, -0.2) is 28.3 Å². The Kier molecular flexibility index (Phi) is 7.34. The van der Waals surface area contributed by atoms with E-state index in [0.717, 1.165) is 27.9 Å². The highest BCUT2D eigenvalue weighted by Gasteiger charge is 2.34. The minimum Gasteiger partial charge on any atom is -0.493 e. The first-order valence-electron chi connectivity index (χ1n) is 9.62. The Labute approximate surface area is 209 Å². The predicted octanol–water partition coefficient (Wildman–Crippen LogP) is 5.54. The number of ether oxygens (including phenoxy) is 2. The molecule has 10 heteroatoms. The lowest BCUT2D eigenvalue weighted by molar-refractivity contribution is -0.123. The topological polar surface area (TPSA) is 67.9 Å². The monoisotopic (exact) mass is 516 g/mol. The number of thiocarbonyl (C=S) groups is 1. The number of thiophene rings is 1. The van der Waals surface area contributed by atoms with E-state index in [1.165, 1.54) is 11.3 Å². The van der Waals surface area contributed by atoms with Crippen molar-refractivity contribution in [2.45, 2.75) is 6.61 Å². The second kappa shape index (κ2) is 10.4. The van der Waals surface area contributed by atoms with Crippen molar-refractivity contribution in [3.8, 4) is 11.5 Å². The number of halogens is 1. The average Bonchev–Trinajstić information content (AvgIpc) is 3.44. The van der Waals surface area contributed by atoms with Crippen LogP contribution in [0.25, 0.3) is 6.08 Å². The van der Waals surface area contributed by atoms with Crippen LogP contribution >= 0.6 is 46.9 Å². The second-order valence-electron chi connectivity index (χ2n) is 6.76. The number of benzene rings is 2. The summed E-state index contributed by atoms with van der Waals surface area (Å²) in [5, 5.41) is 3.54. The van der Waals surface area contributed by atoms with Crippen molar-refractivity contribution in [2.24, 2.45) is 0 Å². The highest BCUT2D eigenvalue weighted by atomic mass is 35.5. The molecule has 1 fully saturated rings. The molecule has 1 aliphatic rings. The molecule has 33 heavy (non-hydrogen) atoms. The van der Waals surface area contributed by atoms with Gasteiger partial charge >= 0.3 is 0 Å². The van der Waals surface area contributed by atoms with Crippen molar-refractivity contribution in [1.82, 2.24) is 10.4 Å². The first kappa shape index (κ1) is 23.3. The lowest BCUT2D eigenvalue weighted by Gasteiger charge is -2.14. The largest absolute Gasteiger partial charge is 0.493 e. The predicted molar refractivity (Wildman–Crippen MR) is 136 cm³/mol. The SMILES string of the molecule is COc1cc(/C=C2/SC(=S)N(NC(=O)c3cccs3)C2=O)ccc1OCc1ccc(Cl)cc1. The smallest absolute Gasteiger partial charge is 0.285 e. The molecule has 168 valence electrons. The number of hydrogen-bond acceptors (Lipinski definition) is 7. The Balaban J connectivity index is 1.46. The summed E-state index contributed by atoms with van der Waals surface area (Å²) >= 11 is 13.6. The van der Waals surface area contributed by atoms with Gasteiger partial charge in [-0.2, -0.15) is 5.01 Å². The molecule has 1 aromatic heterocycles. The molecule has 1 saturated heterocycles. The third kappa shape index (κ3) is 5.56. The van der Waals surface area contributed by atoms with Crippen LogP contribution in [0.2, 0.25) is 5.02 Å². The Morgan fingerprint density at radius 2 is 1.97 bits per heavy atom. The van der Waals surface area contributed by atoms with Crippen molar-refractivity contribution >= 4 is 69.1 Å². The lowest BCUT2D eigenvalue weighted by atomic mass is 10.2. The minimum atomic E-state index is -0.392. The van der Waals surface area contributed by atoms with Crippen LogP contribution in [0.3, 0.4) is 0 Å².